The average Bonchev–Trinajstić information content (AvgIpc) is 3.16. The van der Waals surface area contributed by atoms with Gasteiger partial charge in [0.15, 0.2) is 0 Å². The van der Waals surface area contributed by atoms with Gasteiger partial charge in [-0.05, 0) is 24.5 Å². The predicted octanol–water partition coefficient (Wildman–Crippen LogP) is 1.18. The molecule has 6 nitrogen and oxygen atoms in total. The van der Waals surface area contributed by atoms with E-state index < -0.39 is 10.2 Å². The summed E-state index contributed by atoms with van der Waals surface area (Å²) in [6.45, 7) is 2.83. The monoisotopic (exact) mass is 349 g/mol. The minimum atomic E-state index is -3.36. The second kappa shape index (κ2) is 7.46. The number of rotatable bonds is 4. The van der Waals surface area contributed by atoms with Gasteiger partial charge in [-0.25, -0.2) is 0 Å². The Hall–Kier alpha value is -1.70. The molecule has 24 heavy (non-hydrogen) atoms. The number of hydrogen-bond acceptors (Lipinski definition) is 3. The second-order valence-corrected chi connectivity index (χ2v) is 8.01. The van der Waals surface area contributed by atoms with E-state index in [0.717, 1.165) is 18.4 Å². The molecule has 7 heteroatoms. The van der Waals surface area contributed by atoms with E-state index in [-0.39, 0.29) is 5.91 Å². The van der Waals surface area contributed by atoms with Gasteiger partial charge in [0.2, 0.25) is 5.91 Å². The van der Waals surface area contributed by atoms with Crippen molar-refractivity contribution in [3.8, 4) is 0 Å². The van der Waals surface area contributed by atoms with Crippen molar-refractivity contribution in [2.45, 2.75) is 12.8 Å². The minimum absolute atomic E-state index is 0.0722. The lowest BCUT2D eigenvalue weighted by atomic mass is 10.2. The maximum absolute atomic E-state index is 12.5. The zero-order valence-corrected chi connectivity index (χ0v) is 14.5. The Bertz CT molecular complexity index is 689. The molecule has 0 radical (unpaired) electrons. The lowest BCUT2D eigenvalue weighted by Crippen LogP contribution is -2.53. The third-order valence-electron chi connectivity index (χ3n) is 4.49. The van der Waals surface area contributed by atoms with Gasteiger partial charge in [0.1, 0.15) is 0 Å². The van der Waals surface area contributed by atoms with Gasteiger partial charge in [-0.3, -0.25) is 4.79 Å². The van der Waals surface area contributed by atoms with Crippen LogP contribution in [0.4, 0.5) is 0 Å². The van der Waals surface area contributed by atoms with Gasteiger partial charge in [-0.15, -0.1) is 0 Å². The molecule has 0 spiro atoms. The summed E-state index contributed by atoms with van der Waals surface area (Å²) in [7, 11) is -3.36. The first kappa shape index (κ1) is 17.1. The number of amides is 1. The fraction of sp³-hybridized carbons (Fsp3) is 0.471. The topological polar surface area (TPSA) is 60.9 Å². The Balaban J connectivity index is 1.55. The summed E-state index contributed by atoms with van der Waals surface area (Å²) < 4.78 is 28.1. The summed E-state index contributed by atoms with van der Waals surface area (Å²) in [4.78, 5) is 13.9. The molecule has 0 unspecified atom stereocenters. The molecule has 0 saturated carbocycles. The van der Waals surface area contributed by atoms with Crippen molar-refractivity contribution in [3.05, 3.63) is 42.0 Å². The third-order valence-corrected chi connectivity index (χ3v) is 6.52. The summed E-state index contributed by atoms with van der Waals surface area (Å²) in [6, 6.07) is 9.64. The van der Waals surface area contributed by atoms with Crippen molar-refractivity contribution >= 4 is 22.2 Å². The molecular formula is C17H23N3O3S. The molecule has 1 amide bonds. The summed E-state index contributed by atoms with van der Waals surface area (Å²) in [6.07, 6.45) is 5.21. The van der Waals surface area contributed by atoms with E-state index in [1.54, 1.807) is 21.4 Å². The van der Waals surface area contributed by atoms with Crippen molar-refractivity contribution in [2.75, 3.05) is 39.3 Å². The van der Waals surface area contributed by atoms with E-state index in [1.165, 1.54) is 4.31 Å². The van der Waals surface area contributed by atoms with Gasteiger partial charge < -0.3 is 4.90 Å². The summed E-state index contributed by atoms with van der Waals surface area (Å²) in [5, 5.41) is 0. The van der Waals surface area contributed by atoms with Crippen LogP contribution in [-0.2, 0) is 15.0 Å². The van der Waals surface area contributed by atoms with E-state index in [9.17, 15) is 13.2 Å². The predicted molar refractivity (Wildman–Crippen MR) is 93.4 cm³/mol. The highest BCUT2D eigenvalue weighted by molar-refractivity contribution is 7.86. The lowest BCUT2D eigenvalue weighted by molar-refractivity contribution is -0.127. The van der Waals surface area contributed by atoms with Crippen LogP contribution in [0, 0.1) is 0 Å². The third kappa shape index (κ3) is 3.85. The molecule has 0 aliphatic carbocycles. The smallest absolute Gasteiger partial charge is 0.282 e. The average molecular weight is 349 g/mol. The maximum Gasteiger partial charge on any atom is 0.282 e. The molecule has 2 aliphatic heterocycles. The number of benzene rings is 1. The van der Waals surface area contributed by atoms with E-state index >= 15 is 0 Å². The van der Waals surface area contributed by atoms with E-state index in [2.05, 4.69) is 0 Å². The number of carbonyl (C=O) groups is 1. The Labute approximate surface area is 143 Å². The molecule has 2 saturated heterocycles. The molecule has 1 aromatic rings. The number of hydrogen-bond donors (Lipinski definition) is 0. The zero-order chi connectivity index (χ0) is 17.0. The Morgan fingerprint density at radius 1 is 0.875 bits per heavy atom. The number of piperazine rings is 1. The van der Waals surface area contributed by atoms with Crippen LogP contribution in [0.5, 0.6) is 0 Å². The maximum atomic E-state index is 12.5. The highest BCUT2D eigenvalue weighted by Gasteiger charge is 2.34. The van der Waals surface area contributed by atoms with Crippen LogP contribution >= 0.6 is 0 Å². The molecule has 0 N–H and O–H groups in total. The molecular weight excluding hydrogens is 326 g/mol. The van der Waals surface area contributed by atoms with Crippen LogP contribution in [0.3, 0.4) is 0 Å². The van der Waals surface area contributed by atoms with E-state index in [4.69, 9.17) is 0 Å². The second-order valence-electron chi connectivity index (χ2n) is 6.08. The molecule has 2 heterocycles. The van der Waals surface area contributed by atoms with E-state index in [1.807, 2.05) is 30.3 Å². The molecule has 2 aliphatic rings. The first-order valence-electron chi connectivity index (χ1n) is 8.34. The fourth-order valence-corrected chi connectivity index (χ4v) is 4.73. The fourth-order valence-electron chi connectivity index (χ4n) is 3.06. The van der Waals surface area contributed by atoms with Crippen molar-refractivity contribution in [1.29, 1.82) is 0 Å². The van der Waals surface area contributed by atoms with Gasteiger partial charge in [-0.1, -0.05) is 30.3 Å². The molecule has 130 valence electrons. The first-order valence-corrected chi connectivity index (χ1v) is 9.74. The minimum Gasteiger partial charge on any atom is -0.337 e. The molecule has 0 bridgehead atoms. The molecule has 1 aromatic carbocycles. The SMILES string of the molecule is O=C(/C=C/c1ccccc1)N1CCN(S(=O)(=O)N2CCCC2)CC1. The van der Waals surface area contributed by atoms with Crippen LogP contribution in [-0.4, -0.2) is 67.1 Å². The molecule has 2 fully saturated rings. The normalized spacial score (nSPS) is 20.8. The van der Waals surface area contributed by atoms with E-state index in [0.29, 0.717) is 39.3 Å². The zero-order valence-electron chi connectivity index (χ0n) is 13.7. The first-order chi connectivity index (χ1) is 11.6. The van der Waals surface area contributed by atoms with Crippen molar-refractivity contribution in [3.63, 3.8) is 0 Å². The van der Waals surface area contributed by atoms with Crippen LogP contribution in [0.1, 0.15) is 18.4 Å². The van der Waals surface area contributed by atoms with Crippen molar-refractivity contribution < 1.29 is 13.2 Å². The Morgan fingerprint density at radius 3 is 2.08 bits per heavy atom. The largest absolute Gasteiger partial charge is 0.337 e. The lowest BCUT2D eigenvalue weighted by Gasteiger charge is -2.35. The van der Waals surface area contributed by atoms with Gasteiger partial charge in [0, 0.05) is 45.3 Å². The Kier molecular flexibility index (Phi) is 5.33. The summed E-state index contributed by atoms with van der Waals surface area (Å²) >= 11 is 0. The molecule has 0 atom stereocenters. The van der Waals surface area contributed by atoms with Crippen LogP contribution < -0.4 is 0 Å². The van der Waals surface area contributed by atoms with Gasteiger partial charge in [0.05, 0.1) is 0 Å². The highest BCUT2D eigenvalue weighted by Crippen LogP contribution is 2.18. The van der Waals surface area contributed by atoms with Crippen LogP contribution in [0.25, 0.3) is 6.08 Å². The van der Waals surface area contributed by atoms with Gasteiger partial charge >= 0.3 is 0 Å². The van der Waals surface area contributed by atoms with Crippen molar-refractivity contribution in [2.24, 2.45) is 0 Å². The molecule has 0 aromatic heterocycles. The van der Waals surface area contributed by atoms with Crippen molar-refractivity contribution in [1.82, 2.24) is 13.5 Å². The number of carbonyl (C=O) groups excluding carboxylic acids is 1. The summed E-state index contributed by atoms with van der Waals surface area (Å²) in [5.74, 6) is -0.0722. The summed E-state index contributed by atoms with van der Waals surface area (Å²) in [5.41, 5.74) is 0.973. The number of nitrogens with zero attached hydrogens (tertiary/aromatic N) is 3. The molecule has 3 rings (SSSR count). The van der Waals surface area contributed by atoms with Crippen LogP contribution in [0.2, 0.25) is 0 Å². The Morgan fingerprint density at radius 2 is 1.46 bits per heavy atom. The van der Waals surface area contributed by atoms with Gasteiger partial charge in [0.25, 0.3) is 10.2 Å². The standard InChI is InChI=1S/C17H23N3O3S/c21-17(9-8-16-6-2-1-3-7-16)18-12-14-20(15-13-18)24(22,23)19-10-4-5-11-19/h1-3,6-9H,4-5,10-15H2/b9-8+. The quantitative estimate of drug-likeness (QED) is 0.767. The van der Waals surface area contributed by atoms with Gasteiger partial charge in [-0.2, -0.15) is 17.0 Å². The van der Waals surface area contributed by atoms with Crippen LogP contribution in [0.15, 0.2) is 36.4 Å². The highest BCUT2D eigenvalue weighted by atomic mass is 32.2.